The van der Waals surface area contributed by atoms with Gasteiger partial charge in [0.25, 0.3) is 0 Å². The van der Waals surface area contributed by atoms with Crippen LogP contribution in [0.1, 0.15) is 20.8 Å². The van der Waals surface area contributed by atoms with Gasteiger partial charge in [0.2, 0.25) is 0 Å². The third-order valence-corrected chi connectivity index (χ3v) is 1.30. The molecular weight excluding hydrogens is 134 g/mol. The molecule has 1 heteroatoms. The molecule has 0 radical (unpaired) electrons. The Bertz CT molecular complexity index is 134. The van der Waals surface area contributed by atoms with E-state index in [2.05, 4.69) is 38.1 Å². The molecular formula is C10H19N. The van der Waals surface area contributed by atoms with Crippen LogP contribution in [0.15, 0.2) is 24.4 Å². The second kappa shape index (κ2) is 6.02. The molecule has 0 bridgehead atoms. The van der Waals surface area contributed by atoms with E-state index < -0.39 is 0 Å². The predicted molar refractivity (Wildman–Crippen MR) is 51.4 cm³/mol. The third-order valence-electron chi connectivity index (χ3n) is 1.30. The highest BCUT2D eigenvalue weighted by Crippen LogP contribution is 1.95. The molecule has 0 N–H and O–H groups in total. The highest BCUT2D eigenvalue weighted by atomic mass is 15.1. The van der Waals surface area contributed by atoms with Gasteiger partial charge in [0.15, 0.2) is 0 Å². The number of allylic oxidation sites excluding steroid dienone is 3. The average molecular weight is 153 g/mol. The molecule has 1 nitrogen and oxygen atoms in total. The summed E-state index contributed by atoms with van der Waals surface area (Å²) in [5.74, 6) is 0.732. The van der Waals surface area contributed by atoms with Crippen molar-refractivity contribution in [3.8, 4) is 0 Å². The van der Waals surface area contributed by atoms with Crippen molar-refractivity contribution in [2.24, 2.45) is 5.92 Å². The lowest BCUT2D eigenvalue weighted by atomic mass is 10.2. The molecule has 0 aromatic carbocycles. The molecule has 0 rings (SSSR count). The molecule has 0 aliphatic carbocycles. The molecule has 0 unspecified atom stereocenters. The van der Waals surface area contributed by atoms with E-state index in [4.69, 9.17) is 0 Å². The normalized spacial score (nSPS) is 12.1. The summed E-state index contributed by atoms with van der Waals surface area (Å²) in [6, 6.07) is 0. The van der Waals surface area contributed by atoms with Gasteiger partial charge in [0, 0.05) is 13.6 Å². The van der Waals surface area contributed by atoms with Gasteiger partial charge >= 0.3 is 0 Å². The first-order chi connectivity index (χ1) is 5.16. The topological polar surface area (TPSA) is 3.24 Å². The first kappa shape index (κ1) is 10.3. The highest BCUT2D eigenvalue weighted by Gasteiger charge is 1.94. The molecule has 64 valence electrons. The van der Waals surface area contributed by atoms with Crippen LogP contribution in [-0.4, -0.2) is 18.5 Å². The zero-order valence-electron chi connectivity index (χ0n) is 8.04. The van der Waals surface area contributed by atoms with Gasteiger partial charge < -0.3 is 4.90 Å². The summed E-state index contributed by atoms with van der Waals surface area (Å²) >= 11 is 0. The molecule has 0 aromatic heterocycles. The van der Waals surface area contributed by atoms with Gasteiger partial charge in [-0.3, -0.25) is 0 Å². The highest BCUT2D eigenvalue weighted by molar-refractivity contribution is 5.00. The van der Waals surface area contributed by atoms with Gasteiger partial charge in [-0.25, -0.2) is 0 Å². The second-order valence-electron chi connectivity index (χ2n) is 3.20. The maximum absolute atomic E-state index is 2.22. The molecule has 0 saturated carbocycles. The zero-order chi connectivity index (χ0) is 8.69. The summed E-state index contributed by atoms with van der Waals surface area (Å²) in [7, 11) is 2.10. The van der Waals surface area contributed by atoms with E-state index in [-0.39, 0.29) is 0 Å². The van der Waals surface area contributed by atoms with E-state index in [1.165, 1.54) is 0 Å². The van der Waals surface area contributed by atoms with Gasteiger partial charge in [-0.2, -0.15) is 0 Å². The van der Waals surface area contributed by atoms with Crippen molar-refractivity contribution >= 4 is 0 Å². The van der Waals surface area contributed by atoms with Crippen LogP contribution in [0.3, 0.4) is 0 Å². The van der Waals surface area contributed by atoms with Gasteiger partial charge in [0.05, 0.1) is 0 Å². The summed E-state index contributed by atoms with van der Waals surface area (Å²) in [6.07, 6.45) is 8.22. The van der Waals surface area contributed by atoms with Crippen LogP contribution < -0.4 is 0 Å². The maximum atomic E-state index is 2.22. The van der Waals surface area contributed by atoms with Crippen molar-refractivity contribution in [2.75, 3.05) is 13.6 Å². The van der Waals surface area contributed by atoms with E-state index in [0.717, 1.165) is 12.5 Å². The minimum absolute atomic E-state index is 0.732. The minimum Gasteiger partial charge on any atom is -0.380 e. The molecule has 0 aliphatic heterocycles. The van der Waals surface area contributed by atoms with E-state index in [9.17, 15) is 0 Å². The molecule has 0 amide bonds. The Morgan fingerprint density at radius 2 is 1.91 bits per heavy atom. The van der Waals surface area contributed by atoms with Crippen LogP contribution in [-0.2, 0) is 0 Å². The van der Waals surface area contributed by atoms with Gasteiger partial charge in [0.1, 0.15) is 0 Å². The van der Waals surface area contributed by atoms with Gasteiger partial charge in [-0.05, 0) is 25.1 Å². The molecule has 0 atom stereocenters. The quantitative estimate of drug-likeness (QED) is 0.561. The number of nitrogens with zero attached hydrogens (tertiary/aromatic N) is 1. The summed E-state index contributed by atoms with van der Waals surface area (Å²) in [5, 5.41) is 0. The molecule has 11 heavy (non-hydrogen) atoms. The van der Waals surface area contributed by atoms with Crippen molar-refractivity contribution in [3.63, 3.8) is 0 Å². The Balaban J connectivity index is 3.59. The van der Waals surface area contributed by atoms with Crippen LogP contribution in [0.5, 0.6) is 0 Å². The Kier molecular flexibility index (Phi) is 5.63. The van der Waals surface area contributed by atoms with E-state index >= 15 is 0 Å². The lowest BCUT2D eigenvalue weighted by molar-refractivity contribution is 0.390. The van der Waals surface area contributed by atoms with Crippen molar-refractivity contribution in [2.45, 2.75) is 20.8 Å². The fraction of sp³-hybridized carbons (Fsp3) is 0.600. The van der Waals surface area contributed by atoms with Gasteiger partial charge in [-0.1, -0.05) is 26.0 Å². The Morgan fingerprint density at radius 1 is 1.27 bits per heavy atom. The van der Waals surface area contributed by atoms with E-state index in [1.54, 1.807) is 0 Å². The van der Waals surface area contributed by atoms with Crippen molar-refractivity contribution < 1.29 is 0 Å². The van der Waals surface area contributed by atoms with Gasteiger partial charge in [-0.15, -0.1) is 0 Å². The van der Waals surface area contributed by atoms with Crippen LogP contribution in [0, 0.1) is 5.92 Å². The average Bonchev–Trinajstić information content (AvgIpc) is 1.86. The summed E-state index contributed by atoms with van der Waals surface area (Å²) in [6.45, 7) is 7.58. The zero-order valence-corrected chi connectivity index (χ0v) is 8.04. The second-order valence-corrected chi connectivity index (χ2v) is 3.20. The molecule has 0 aromatic rings. The molecule has 0 saturated heterocycles. The Labute approximate surface area is 70.4 Å². The lowest BCUT2D eigenvalue weighted by Gasteiger charge is -2.15. The fourth-order valence-electron chi connectivity index (χ4n) is 0.945. The largest absolute Gasteiger partial charge is 0.380 e. The molecule has 0 aliphatic rings. The standard InChI is InChI=1S/C10H19N/c1-5-6-7-8-11(4)9-10(2)3/h5-8,10H,9H2,1-4H3/b6-5?,8-7-. The van der Waals surface area contributed by atoms with Crippen LogP contribution >= 0.6 is 0 Å². The minimum atomic E-state index is 0.732. The Hall–Kier alpha value is -0.720. The molecule has 0 spiro atoms. The first-order valence-electron chi connectivity index (χ1n) is 4.16. The van der Waals surface area contributed by atoms with E-state index in [1.807, 2.05) is 19.1 Å². The van der Waals surface area contributed by atoms with Crippen molar-refractivity contribution in [1.82, 2.24) is 4.90 Å². The smallest absolute Gasteiger partial charge is 0.0192 e. The molecule has 0 fully saturated rings. The summed E-state index contributed by atoms with van der Waals surface area (Å²) < 4.78 is 0. The Morgan fingerprint density at radius 3 is 2.36 bits per heavy atom. The maximum Gasteiger partial charge on any atom is 0.0192 e. The first-order valence-corrected chi connectivity index (χ1v) is 4.16. The predicted octanol–water partition coefficient (Wildman–Crippen LogP) is 2.66. The van der Waals surface area contributed by atoms with Crippen LogP contribution in [0.2, 0.25) is 0 Å². The SMILES string of the molecule is CC=C/C=C\N(C)CC(C)C. The van der Waals surface area contributed by atoms with Crippen molar-refractivity contribution in [3.05, 3.63) is 24.4 Å². The van der Waals surface area contributed by atoms with Crippen molar-refractivity contribution in [1.29, 1.82) is 0 Å². The third kappa shape index (κ3) is 7.17. The van der Waals surface area contributed by atoms with E-state index in [0.29, 0.717) is 0 Å². The monoisotopic (exact) mass is 153 g/mol. The summed E-state index contributed by atoms with van der Waals surface area (Å²) in [5.41, 5.74) is 0. The lowest BCUT2D eigenvalue weighted by Crippen LogP contribution is -2.16. The van der Waals surface area contributed by atoms with Crippen LogP contribution in [0.4, 0.5) is 0 Å². The summed E-state index contributed by atoms with van der Waals surface area (Å²) in [4.78, 5) is 2.20. The number of hydrogen-bond donors (Lipinski definition) is 0. The number of hydrogen-bond acceptors (Lipinski definition) is 1. The fourth-order valence-corrected chi connectivity index (χ4v) is 0.945. The molecule has 0 heterocycles. The number of rotatable bonds is 4. The van der Waals surface area contributed by atoms with Crippen LogP contribution in [0.25, 0.3) is 0 Å².